The normalized spacial score (nSPS) is 20.0. The van der Waals surface area contributed by atoms with Gasteiger partial charge in [-0.05, 0) is 25.5 Å². The molecule has 0 bridgehead atoms. The Balaban J connectivity index is 2.11. The van der Waals surface area contributed by atoms with Crippen LogP contribution in [-0.4, -0.2) is 23.4 Å². The second-order valence-electron chi connectivity index (χ2n) is 5.99. The van der Waals surface area contributed by atoms with Gasteiger partial charge in [-0.15, -0.1) is 0 Å². The first-order valence-corrected chi connectivity index (χ1v) is 8.51. The summed E-state index contributed by atoms with van der Waals surface area (Å²) in [4.78, 5) is 13.0. The molecule has 2 aromatic rings. The fraction of sp³-hybridized carbons (Fsp3) is 0.278. The quantitative estimate of drug-likeness (QED) is 0.809. The molecule has 2 heterocycles. The van der Waals surface area contributed by atoms with E-state index in [0.717, 1.165) is 12.0 Å². The number of benzene rings is 1. The average molecular weight is 360 g/mol. The lowest BCUT2D eigenvalue weighted by atomic mass is 10.1. The maximum absolute atomic E-state index is 13.0. The molecule has 7 heteroatoms. The maximum atomic E-state index is 13.0. The standard InChI is InChI=1S/C18H19ClN4O2/c1-4-12(2)21-18(24)23(11-5-10-20-23)17-13(3)25-22-16(17)14-6-8-15(19)9-7-14/h5-12H,4H2,1-3H3/p+1. The predicted octanol–water partition coefficient (Wildman–Crippen LogP) is 4.63. The van der Waals surface area contributed by atoms with Crippen molar-refractivity contribution in [3.63, 3.8) is 0 Å². The first kappa shape index (κ1) is 17.4. The van der Waals surface area contributed by atoms with Crippen molar-refractivity contribution < 1.29 is 9.32 Å². The molecule has 6 nitrogen and oxygen atoms in total. The Bertz CT molecular complexity index is 827. The molecule has 0 aliphatic carbocycles. The van der Waals surface area contributed by atoms with Gasteiger partial charge in [0.15, 0.2) is 11.5 Å². The zero-order valence-electron chi connectivity index (χ0n) is 14.4. The number of aromatic nitrogens is 1. The van der Waals surface area contributed by atoms with Gasteiger partial charge in [0, 0.05) is 29.6 Å². The predicted molar refractivity (Wildman–Crippen MR) is 99.4 cm³/mol. The van der Waals surface area contributed by atoms with Crippen molar-refractivity contribution in [3.8, 4) is 11.3 Å². The molecule has 0 saturated carbocycles. The number of halogens is 1. The number of urea groups is 1. The largest absolute Gasteiger partial charge is 0.453 e. The van der Waals surface area contributed by atoms with E-state index in [1.165, 1.54) is 0 Å². The van der Waals surface area contributed by atoms with Crippen LogP contribution >= 0.6 is 11.6 Å². The maximum Gasteiger partial charge on any atom is 0.453 e. The Labute approximate surface area is 151 Å². The molecule has 1 aliphatic rings. The van der Waals surface area contributed by atoms with Gasteiger partial charge < -0.3 is 9.84 Å². The van der Waals surface area contributed by atoms with Crippen LogP contribution in [0.1, 0.15) is 26.0 Å². The Morgan fingerprint density at radius 3 is 2.68 bits per heavy atom. The molecule has 3 rings (SSSR count). The third-order valence-electron chi connectivity index (χ3n) is 4.22. The Hall–Kier alpha value is -2.44. The van der Waals surface area contributed by atoms with Crippen molar-refractivity contribution in [1.29, 1.82) is 0 Å². The molecule has 1 aliphatic heterocycles. The molecule has 2 amide bonds. The van der Waals surface area contributed by atoms with Crippen LogP contribution in [0.15, 0.2) is 46.2 Å². The van der Waals surface area contributed by atoms with Gasteiger partial charge in [-0.1, -0.05) is 45.5 Å². The van der Waals surface area contributed by atoms with Crippen LogP contribution in [0.4, 0.5) is 10.5 Å². The molecule has 0 saturated heterocycles. The highest BCUT2D eigenvalue weighted by Crippen LogP contribution is 2.40. The zero-order valence-corrected chi connectivity index (χ0v) is 15.1. The summed E-state index contributed by atoms with van der Waals surface area (Å²) in [6.45, 7) is 5.75. The fourth-order valence-electron chi connectivity index (χ4n) is 2.68. The summed E-state index contributed by atoms with van der Waals surface area (Å²) in [7, 11) is 0. The minimum absolute atomic E-state index is 0.0332. The van der Waals surface area contributed by atoms with E-state index in [9.17, 15) is 4.79 Å². The summed E-state index contributed by atoms with van der Waals surface area (Å²) in [5.74, 6) is 0.535. The molecule has 2 unspecified atom stereocenters. The monoisotopic (exact) mass is 359 g/mol. The number of aryl methyl sites for hydroxylation is 1. The molecule has 0 radical (unpaired) electrons. The molecule has 1 N–H and O–H groups in total. The topological polar surface area (TPSA) is 67.5 Å². The lowest BCUT2D eigenvalue weighted by Gasteiger charge is -2.24. The Kier molecular flexibility index (Phi) is 4.74. The number of hydrogen-bond acceptors (Lipinski definition) is 4. The van der Waals surface area contributed by atoms with Crippen LogP contribution in [0, 0.1) is 6.92 Å². The minimum atomic E-state index is -0.350. The number of carbonyl (C=O) groups is 1. The molecule has 0 fully saturated rings. The lowest BCUT2D eigenvalue weighted by Crippen LogP contribution is -2.52. The van der Waals surface area contributed by atoms with Gasteiger partial charge in [-0.25, -0.2) is 4.79 Å². The van der Waals surface area contributed by atoms with E-state index in [2.05, 4.69) is 15.6 Å². The van der Waals surface area contributed by atoms with Crippen LogP contribution in [-0.2, 0) is 0 Å². The number of nitrogens with zero attached hydrogens (tertiary/aromatic N) is 3. The SMILES string of the molecule is CCC(C)NC(=O)[N+]1(c2c(-c3ccc(Cl)cc3)noc2C)C=CC=N1. The summed E-state index contributed by atoms with van der Waals surface area (Å²) in [5.41, 5.74) is 1.96. The van der Waals surface area contributed by atoms with Gasteiger partial charge in [-0.2, -0.15) is 0 Å². The van der Waals surface area contributed by atoms with E-state index in [1.54, 1.807) is 37.5 Å². The highest BCUT2D eigenvalue weighted by Gasteiger charge is 2.46. The summed E-state index contributed by atoms with van der Waals surface area (Å²) in [5, 5.41) is 12.2. The second-order valence-corrected chi connectivity index (χ2v) is 6.43. The van der Waals surface area contributed by atoms with Gasteiger partial charge in [-0.3, -0.25) is 0 Å². The number of rotatable bonds is 4. The lowest BCUT2D eigenvalue weighted by molar-refractivity contribution is 0.213. The van der Waals surface area contributed by atoms with Gasteiger partial charge in [0.2, 0.25) is 5.69 Å². The number of allylic oxidation sites excluding steroid dienone is 1. The zero-order chi connectivity index (χ0) is 18.0. The molecule has 2 atom stereocenters. The first-order chi connectivity index (χ1) is 12.0. The third kappa shape index (κ3) is 3.10. The van der Waals surface area contributed by atoms with Gasteiger partial charge in [0.05, 0.1) is 6.21 Å². The van der Waals surface area contributed by atoms with Gasteiger partial charge in [0.25, 0.3) is 0 Å². The average Bonchev–Trinajstić information content (AvgIpc) is 3.23. The van der Waals surface area contributed by atoms with E-state index < -0.39 is 0 Å². The highest BCUT2D eigenvalue weighted by molar-refractivity contribution is 6.30. The van der Waals surface area contributed by atoms with E-state index in [1.807, 2.05) is 26.0 Å². The van der Waals surface area contributed by atoms with Crippen molar-refractivity contribution in [1.82, 2.24) is 15.1 Å². The fourth-order valence-corrected chi connectivity index (χ4v) is 2.80. The smallest absolute Gasteiger partial charge is 0.354 e. The van der Waals surface area contributed by atoms with Crippen LogP contribution in [0.3, 0.4) is 0 Å². The van der Waals surface area contributed by atoms with Crippen molar-refractivity contribution in [2.24, 2.45) is 5.10 Å². The summed E-state index contributed by atoms with van der Waals surface area (Å²) in [6.07, 6.45) is 5.89. The Morgan fingerprint density at radius 1 is 1.36 bits per heavy atom. The van der Waals surface area contributed by atoms with Crippen molar-refractivity contribution in [3.05, 3.63) is 47.3 Å². The van der Waals surface area contributed by atoms with Crippen molar-refractivity contribution in [2.75, 3.05) is 0 Å². The minimum Gasteiger partial charge on any atom is -0.354 e. The summed E-state index contributed by atoms with van der Waals surface area (Å²) >= 11 is 5.98. The third-order valence-corrected chi connectivity index (χ3v) is 4.47. The number of carbonyl (C=O) groups excluding carboxylic acids is 1. The number of nitrogens with one attached hydrogen (secondary N) is 1. The van der Waals surface area contributed by atoms with E-state index >= 15 is 0 Å². The molecular weight excluding hydrogens is 340 g/mol. The summed E-state index contributed by atoms with van der Waals surface area (Å²) < 4.78 is 5.06. The van der Waals surface area contributed by atoms with Crippen molar-refractivity contribution in [2.45, 2.75) is 33.2 Å². The van der Waals surface area contributed by atoms with Crippen molar-refractivity contribution >= 4 is 29.5 Å². The van der Waals surface area contributed by atoms with Crippen LogP contribution < -0.4 is 9.91 Å². The van der Waals surface area contributed by atoms with E-state index in [-0.39, 0.29) is 16.7 Å². The number of hydrogen-bond donors (Lipinski definition) is 1. The van der Waals surface area contributed by atoms with Gasteiger partial charge in [0.1, 0.15) is 6.20 Å². The molecule has 25 heavy (non-hydrogen) atoms. The molecule has 130 valence electrons. The summed E-state index contributed by atoms with van der Waals surface area (Å²) in [6, 6.07) is 7.02. The molecule has 0 spiro atoms. The second kappa shape index (κ2) is 6.82. The van der Waals surface area contributed by atoms with Crippen LogP contribution in [0.2, 0.25) is 5.02 Å². The Morgan fingerprint density at radius 2 is 2.08 bits per heavy atom. The molecule has 1 aromatic carbocycles. The molecular formula is C18H20ClN4O2+. The van der Waals surface area contributed by atoms with Crippen LogP contribution in [0.25, 0.3) is 11.3 Å². The molecule has 1 aromatic heterocycles. The van der Waals surface area contributed by atoms with Crippen LogP contribution in [0.5, 0.6) is 0 Å². The van der Waals surface area contributed by atoms with Gasteiger partial charge >= 0.3 is 6.03 Å². The highest BCUT2D eigenvalue weighted by atomic mass is 35.5. The first-order valence-electron chi connectivity index (χ1n) is 8.14. The van der Waals surface area contributed by atoms with E-state index in [4.69, 9.17) is 16.1 Å². The number of quaternary nitrogens is 1. The van der Waals surface area contributed by atoms with E-state index in [0.29, 0.717) is 22.2 Å². The number of amides is 2.